The van der Waals surface area contributed by atoms with Crippen molar-refractivity contribution in [1.29, 1.82) is 5.26 Å². The summed E-state index contributed by atoms with van der Waals surface area (Å²) in [7, 11) is 0. The molecule has 1 rings (SSSR count). The molecule has 0 radical (unpaired) electrons. The minimum atomic E-state index is 0.742. The van der Waals surface area contributed by atoms with Crippen LogP contribution in [0.25, 0.3) is 0 Å². The highest BCUT2D eigenvalue weighted by atomic mass is 32.2. The Morgan fingerprint density at radius 1 is 1.50 bits per heavy atom. The molecular formula is C10H17N3S. The highest BCUT2D eigenvalue weighted by molar-refractivity contribution is 8.13. The van der Waals surface area contributed by atoms with Crippen molar-refractivity contribution in [2.24, 2.45) is 10.9 Å². The zero-order chi connectivity index (χ0) is 10.2. The number of nitrogens with zero attached hydrogens (tertiary/aromatic N) is 2. The monoisotopic (exact) mass is 211 g/mol. The third-order valence-corrected chi connectivity index (χ3v) is 3.19. The maximum absolute atomic E-state index is 8.45. The summed E-state index contributed by atoms with van der Waals surface area (Å²) in [5.41, 5.74) is 0. The molecule has 0 aromatic heterocycles. The standard InChI is InChI=1S/C10H17N3S/c1-14-10(13-8-11)12-7-9-5-3-2-4-6-9/h9H,2-7H2,1H3,(H,12,13). The maximum Gasteiger partial charge on any atom is 0.183 e. The largest absolute Gasteiger partial charge is 0.272 e. The molecular weight excluding hydrogens is 194 g/mol. The van der Waals surface area contributed by atoms with E-state index in [1.165, 1.54) is 43.9 Å². The van der Waals surface area contributed by atoms with Crippen LogP contribution < -0.4 is 5.32 Å². The lowest BCUT2D eigenvalue weighted by Crippen LogP contribution is -2.16. The Kier molecular flexibility index (Phi) is 5.46. The fourth-order valence-electron chi connectivity index (χ4n) is 1.78. The smallest absolute Gasteiger partial charge is 0.183 e. The quantitative estimate of drug-likeness (QED) is 0.330. The van der Waals surface area contributed by atoms with E-state index in [9.17, 15) is 0 Å². The van der Waals surface area contributed by atoms with Crippen LogP contribution in [0.2, 0.25) is 0 Å². The molecule has 0 aliphatic heterocycles. The molecule has 1 N–H and O–H groups in total. The van der Waals surface area contributed by atoms with Crippen LogP contribution in [-0.4, -0.2) is 18.0 Å². The highest BCUT2D eigenvalue weighted by Gasteiger charge is 2.12. The van der Waals surface area contributed by atoms with Crippen molar-refractivity contribution >= 4 is 16.9 Å². The molecule has 0 amide bonds. The number of thioether (sulfide) groups is 1. The third kappa shape index (κ3) is 4.01. The molecule has 3 nitrogen and oxygen atoms in total. The molecule has 4 heteroatoms. The van der Waals surface area contributed by atoms with Crippen LogP contribution in [0.1, 0.15) is 32.1 Å². The van der Waals surface area contributed by atoms with Gasteiger partial charge in [-0.25, -0.2) is 0 Å². The van der Waals surface area contributed by atoms with E-state index in [0.717, 1.165) is 17.6 Å². The van der Waals surface area contributed by atoms with Gasteiger partial charge in [-0.05, 0) is 25.0 Å². The molecule has 1 fully saturated rings. The van der Waals surface area contributed by atoms with Crippen molar-refractivity contribution < 1.29 is 0 Å². The molecule has 0 aromatic carbocycles. The van der Waals surface area contributed by atoms with Crippen molar-refractivity contribution in [2.45, 2.75) is 32.1 Å². The minimum Gasteiger partial charge on any atom is -0.272 e. The molecule has 1 saturated carbocycles. The van der Waals surface area contributed by atoms with Crippen LogP contribution in [0.15, 0.2) is 4.99 Å². The summed E-state index contributed by atoms with van der Waals surface area (Å²) >= 11 is 1.50. The Morgan fingerprint density at radius 3 is 2.79 bits per heavy atom. The SMILES string of the molecule is CSC(=NCC1CCCCC1)NC#N. The van der Waals surface area contributed by atoms with E-state index >= 15 is 0 Å². The number of rotatable bonds is 2. The summed E-state index contributed by atoms with van der Waals surface area (Å²) in [6, 6.07) is 0. The Labute approximate surface area is 90.0 Å². The Morgan fingerprint density at radius 2 is 2.21 bits per heavy atom. The van der Waals surface area contributed by atoms with Crippen molar-refractivity contribution in [1.82, 2.24) is 5.32 Å². The molecule has 0 atom stereocenters. The predicted octanol–water partition coefficient (Wildman–Crippen LogP) is 2.36. The fourth-order valence-corrected chi connectivity index (χ4v) is 2.14. The van der Waals surface area contributed by atoms with E-state index in [2.05, 4.69) is 10.3 Å². The molecule has 0 saturated heterocycles. The average Bonchev–Trinajstić information content (AvgIpc) is 2.25. The first-order valence-electron chi connectivity index (χ1n) is 5.10. The molecule has 0 spiro atoms. The summed E-state index contributed by atoms with van der Waals surface area (Å²) < 4.78 is 0. The van der Waals surface area contributed by atoms with Crippen LogP contribution in [-0.2, 0) is 0 Å². The van der Waals surface area contributed by atoms with Gasteiger partial charge in [-0.1, -0.05) is 31.0 Å². The second kappa shape index (κ2) is 6.72. The predicted molar refractivity (Wildman–Crippen MR) is 61.1 cm³/mol. The third-order valence-electron chi connectivity index (χ3n) is 2.57. The number of amidine groups is 1. The van der Waals surface area contributed by atoms with E-state index in [1.54, 1.807) is 0 Å². The first-order valence-corrected chi connectivity index (χ1v) is 6.33. The van der Waals surface area contributed by atoms with Gasteiger partial charge in [-0.3, -0.25) is 10.3 Å². The Hall–Kier alpha value is -0.690. The van der Waals surface area contributed by atoms with Crippen LogP contribution in [0.3, 0.4) is 0 Å². The van der Waals surface area contributed by atoms with Gasteiger partial charge in [0.15, 0.2) is 11.4 Å². The molecule has 1 aliphatic carbocycles. The summed E-state index contributed by atoms with van der Waals surface area (Å²) in [4.78, 5) is 4.40. The lowest BCUT2D eigenvalue weighted by atomic mass is 9.89. The molecule has 1 aliphatic rings. The number of hydrogen-bond donors (Lipinski definition) is 1. The number of nitriles is 1. The summed E-state index contributed by atoms with van der Waals surface area (Å²) in [6.07, 6.45) is 10.5. The van der Waals surface area contributed by atoms with E-state index < -0.39 is 0 Å². The van der Waals surface area contributed by atoms with Gasteiger partial charge in [0.25, 0.3) is 0 Å². The normalized spacial score (nSPS) is 19.0. The Balaban J connectivity index is 2.31. The fraction of sp³-hybridized carbons (Fsp3) is 0.800. The van der Waals surface area contributed by atoms with Gasteiger partial charge in [0.05, 0.1) is 0 Å². The van der Waals surface area contributed by atoms with Crippen molar-refractivity contribution in [3.63, 3.8) is 0 Å². The van der Waals surface area contributed by atoms with Gasteiger partial charge in [0.1, 0.15) is 0 Å². The second-order valence-electron chi connectivity index (χ2n) is 3.59. The van der Waals surface area contributed by atoms with Gasteiger partial charge >= 0.3 is 0 Å². The second-order valence-corrected chi connectivity index (χ2v) is 4.39. The van der Waals surface area contributed by atoms with Crippen LogP contribution >= 0.6 is 11.8 Å². The van der Waals surface area contributed by atoms with Crippen molar-refractivity contribution in [3.05, 3.63) is 0 Å². The molecule has 78 valence electrons. The summed E-state index contributed by atoms with van der Waals surface area (Å²) in [5.74, 6) is 0.742. The van der Waals surface area contributed by atoms with E-state index in [4.69, 9.17) is 5.26 Å². The lowest BCUT2D eigenvalue weighted by molar-refractivity contribution is 0.367. The molecule has 0 aromatic rings. The van der Waals surface area contributed by atoms with Crippen LogP contribution in [0, 0.1) is 17.4 Å². The highest BCUT2D eigenvalue weighted by Crippen LogP contribution is 2.23. The summed E-state index contributed by atoms with van der Waals surface area (Å²) in [5, 5.41) is 11.8. The number of hydrogen-bond acceptors (Lipinski definition) is 3. The van der Waals surface area contributed by atoms with E-state index in [1.807, 2.05) is 12.4 Å². The first-order chi connectivity index (χ1) is 6.86. The molecule has 14 heavy (non-hydrogen) atoms. The first kappa shape index (κ1) is 11.4. The summed E-state index contributed by atoms with van der Waals surface area (Å²) in [6.45, 7) is 0.880. The molecule has 0 heterocycles. The van der Waals surface area contributed by atoms with Gasteiger partial charge < -0.3 is 0 Å². The maximum atomic E-state index is 8.45. The van der Waals surface area contributed by atoms with Gasteiger partial charge in [0.2, 0.25) is 0 Å². The lowest BCUT2D eigenvalue weighted by Gasteiger charge is -2.19. The topological polar surface area (TPSA) is 48.2 Å². The van der Waals surface area contributed by atoms with Crippen LogP contribution in [0.5, 0.6) is 0 Å². The van der Waals surface area contributed by atoms with Crippen LogP contribution in [0.4, 0.5) is 0 Å². The van der Waals surface area contributed by atoms with Gasteiger partial charge in [-0.2, -0.15) is 5.26 Å². The number of nitrogens with one attached hydrogen (secondary N) is 1. The minimum absolute atomic E-state index is 0.742. The van der Waals surface area contributed by atoms with Crippen molar-refractivity contribution in [2.75, 3.05) is 12.8 Å². The zero-order valence-electron chi connectivity index (χ0n) is 8.62. The van der Waals surface area contributed by atoms with E-state index in [-0.39, 0.29) is 0 Å². The molecule has 0 bridgehead atoms. The van der Waals surface area contributed by atoms with E-state index in [0.29, 0.717) is 0 Å². The Bertz CT molecular complexity index is 226. The van der Waals surface area contributed by atoms with Gasteiger partial charge in [-0.15, -0.1) is 0 Å². The molecule has 0 unspecified atom stereocenters. The van der Waals surface area contributed by atoms with Crippen molar-refractivity contribution in [3.8, 4) is 6.19 Å². The number of aliphatic imine (C=N–C) groups is 1. The zero-order valence-corrected chi connectivity index (χ0v) is 9.44. The average molecular weight is 211 g/mol. The van der Waals surface area contributed by atoms with Gasteiger partial charge in [0, 0.05) is 6.54 Å².